The summed E-state index contributed by atoms with van der Waals surface area (Å²) in [7, 11) is 0. The van der Waals surface area contributed by atoms with Crippen LogP contribution in [0, 0.1) is 6.92 Å². The number of carbonyl (C=O) groups is 1. The van der Waals surface area contributed by atoms with Crippen LogP contribution in [0.15, 0.2) is 30.9 Å². The molecule has 0 fully saturated rings. The van der Waals surface area contributed by atoms with Crippen molar-refractivity contribution in [1.82, 2.24) is 14.8 Å². The standard InChI is InChI=1S/C10H9N3O/c1-8-9(5-14)3-2-4-10(8)13-6-11-12-7-13/h2-7H,1H3. The molecule has 4 heteroatoms. The third-order valence-corrected chi connectivity index (χ3v) is 2.17. The van der Waals surface area contributed by atoms with Gasteiger partial charge < -0.3 is 0 Å². The molecule has 0 N–H and O–H groups in total. The van der Waals surface area contributed by atoms with E-state index in [1.807, 2.05) is 19.1 Å². The van der Waals surface area contributed by atoms with E-state index in [2.05, 4.69) is 10.2 Å². The lowest BCUT2D eigenvalue weighted by Gasteiger charge is -2.06. The molecule has 14 heavy (non-hydrogen) atoms. The van der Waals surface area contributed by atoms with Crippen LogP contribution >= 0.6 is 0 Å². The molecular weight excluding hydrogens is 178 g/mol. The summed E-state index contributed by atoms with van der Waals surface area (Å²) in [5.41, 5.74) is 2.55. The Hall–Kier alpha value is -1.97. The highest BCUT2D eigenvalue weighted by molar-refractivity contribution is 5.79. The highest BCUT2D eigenvalue weighted by Crippen LogP contribution is 2.15. The fourth-order valence-corrected chi connectivity index (χ4v) is 1.37. The Balaban J connectivity index is 2.60. The Morgan fingerprint density at radius 1 is 1.29 bits per heavy atom. The predicted molar refractivity (Wildman–Crippen MR) is 51.5 cm³/mol. The maximum Gasteiger partial charge on any atom is 0.150 e. The van der Waals surface area contributed by atoms with Gasteiger partial charge in [-0.05, 0) is 18.6 Å². The lowest BCUT2D eigenvalue weighted by molar-refractivity contribution is 0.112. The van der Waals surface area contributed by atoms with Crippen molar-refractivity contribution in [2.75, 3.05) is 0 Å². The summed E-state index contributed by atoms with van der Waals surface area (Å²) in [4.78, 5) is 10.7. The second-order valence-electron chi connectivity index (χ2n) is 2.98. The third-order valence-electron chi connectivity index (χ3n) is 2.17. The summed E-state index contributed by atoms with van der Waals surface area (Å²) in [6.07, 6.45) is 4.07. The van der Waals surface area contributed by atoms with E-state index in [9.17, 15) is 4.79 Å². The second kappa shape index (κ2) is 3.41. The molecule has 0 saturated carbocycles. The van der Waals surface area contributed by atoms with Gasteiger partial charge in [0.05, 0.1) is 5.69 Å². The van der Waals surface area contributed by atoms with Crippen LogP contribution in [0.5, 0.6) is 0 Å². The lowest BCUT2D eigenvalue weighted by Crippen LogP contribution is -1.97. The summed E-state index contributed by atoms with van der Waals surface area (Å²) in [6.45, 7) is 1.90. The van der Waals surface area contributed by atoms with Gasteiger partial charge in [-0.25, -0.2) is 0 Å². The minimum Gasteiger partial charge on any atom is -0.298 e. The van der Waals surface area contributed by atoms with Gasteiger partial charge in [-0.3, -0.25) is 9.36 Å². The number of carbonyl (C=O) groups excluding carboxylic acids is 1. The van der Waals surface area contributed by atoms with Gasteiger partial charge >= 0.3 is 0 Å². The molecule has 1 aromatic carbocycles. The highest BCUT2D eigenvalue weighted by Gasteiger charge is 2.04. The van der Waals surface area contributed by atoms with Crippen molar-refractivity contribution in [3.05, 3.63) is 42.0 Å². The average Bonchev–Trinajstić information content (AvgIpc) is 2.71. The van der Waals surface area contributed by atoms with Crippen LogP contribution in [0.4, 0.5) is 0 Å². The number of hydrogen-bond acceptors (Lipinski definition) is 3. The van der Waals surface area contributed by atoms with Crippen LogP contribution in [-0.2, 0) is 0 Å². The molecule has 70 valence electrons. The van der Waals surface area contributed by atoms with Crippen molar-refractivity contribution in [3.8, 4) is 5.69 Å². The van der Waals surface area contributed by atoms with Crippen molar-refractivity contribution in [3.63, 3.8) is 0 Å². The molecule has 0 atom stereocenters. The normalized spacial score (nSPS) is 10.1. The van der Waals surface area contributed by atoms with E-state index in [1.165, 1.54) is 0 Å². The smallest absolute Gasteiger partial charge is 0.150 e. The zero-order valence-electron chi connectivity index (χ0n) is 7.71. The molecule has 0 unspecified atom stereocenters. The zero-order chi connectivity index (χ0) is 9.97. The fraction of sp³-hybridized carbons (Fsp3) is 0.100. The van der Waals surface area contributed by atoms with Gasteiger partial charge in [-0.15, -0.1) is 10.2 Å². The Labute approximate surface area is 81.2 Å². The summed E-state index contributed by atoms with van der Waals surface area (Å²) < 4.78 is 1.78. The van der Waals surface area contributed by atoms with Crippen molar-refractivity contribution >= 4 is 6.29 Å². The summed E-state index contributed by atoms with van der Waals surface area (Å²) >= 11 is 0. The van der Waals surface area contributed by atoms with Crippen LogP contribution in [-0.4, -0.2) is 21.1 Å². The van der Waals surface area contributed by atoms with E-state index >= 15 is 0 Å². The number of benzene rings is 1. The number of aldehydes is 1. The minimum atomic E-state index is 0.691. The van der Waals surface area contributed by atoms with E-state index in [4.69, 9.17) is 0 Å². The summed E-state index contributed by atoms with van der Waals surface area (Å²) in [5.74, 6) is 0. The van der Waals surface area contributed by atoms with Gasteiger partial charge in [0.2, 0.25) is 0 Å². The minimum absolute atomic E-state index is 0.691. The monoisotopic (exact) mass is 187 g/mol. The Kier molecular flexibility index (Phi) is 2.10. The van der Waals surface area contributed by atoms with E-state index < -0.39 is 0 Å². The number of rotatable bonds is 2. The third kappa shape index (κ3) is 1.31. The molecule has 0 aliphatic heterocycles. The zero-order valence-corrected chi connectivity index (χ0v) is 7.71. The van der Waals surface area contributed by atoms with Gasteiger partial charge in [-0.1, -0.05) is 12.1 Å². The van der Waals surface area contributed by atoms with Gasteiger partial charge in [0.1, 0.15) is 18.9 Å². The lowest BCUT2D eigenvalue weighted by atomic mass is 10.1. The number of nitrogens with zero attached hydrogens (tertiary/aromatic N) is 3. The molecule has 0 radical (unpaired) electrons. The van der Waals surface area contributed by atoms with Crippen molar-refractivity contribution < 1.29 is 4.79 Å². The van der Waals surface area contributed by atoms with E-state index in [1.54, 1.807) is 23.3 Å². The van der Waals surface area contributed by atoms with Crippen molar-refractivity contribution in [2.45, 2.75) is 6.92 Å². The van der Waals surface area contributed by atoms with Crippen LogP contribution in [0.25, 0.3) is 5.69 Å². The van der Waals surface area contributed by atoms with Gasteiger partial charge in [-0.2, -0.15) is 0 Å². The topological polar surface area (TPSA) is 47.8 Å². The molecule has 2 aromatic rings. The van der Waals surface area contributed by atoms with Crippen LogP contribution in [0.3, 0.4) is 0 Å². The quantitative estimate of drug-likeness (QED) is 0.667. The predicted octanol–water partition coefficient (Wildman–Crippen LogP) is 1.39. The van der Waals surface area contributed by atoms with E-state index in [0.29, 0.717) is 5.56 Å². The van der Waals surface area contributed by atoms with Gasteiger partial charge in [0.25, 0.3) is 0 Å². The fourth-order valence-electron chi connectivity index (χ4n) is 1.37. The molecule has 0 bridgehead atoms. The van der Waals surface area contributed by atoms with E-state index in [0.717, 1.165) is 17.5 Å². The summed E-state index contributed by atoms with van der Waals surface area (Å²) in [5, 5.41) is 7.44. The Morgan fingerprint density at radius 3 is 2.64 bits per heavy atom. The van der Waals surface area contributed by atoms with Crippen LogP contribution in [0.2, 0.25) is 0 Å². The second-order valence-corrected chi connectivity index (χ2v) is 2.98. The first-order valence-corrected chi connectivity index (χ1v) is 4.22. The molecular formula is C10H9N3O. The molecule has 1 aromatic heterocycles. The Bertz CT molecular complexity index is 448. The molecule has 0 amide bonds. The molecule has 0 aliphatic rings. The molecule has 0 spiro atoms. The van der Waals surface area contributed by atoms with Crippen LogP contribution < -0.4 is 0 Å². The van der Waals surface area contributed by atoms with Gasteiger partial charge in [0, 0.05) is 5.56 Å². The van der Waals surface area contributed by atoms with E-state index in [-0.39, 0.29) is 0 Å². The van der Waals surface area contributed by atoms with Crippen molar-refractivity contribution in [1.29, 1.82) is 0 Å². The molecule has 2 rings (SSSR count). The molecule has 0 aliphatic carbocycles. The summed E-state index contributed by atoms with van der Waals surface area (Å²) in [6, 6.07) is 5.55. The molecule has 1 heterocycles. The Morgan fingerprint density at radius 2 is 2.00 bits per heavy atom. The van der Waals surface area contributed by atoms with Gasteiger partial charge in [0.15, 0.2) is 0 Å². The first-order valence-electron chi connectivity index (χ1n) is 4.22. The number of hydrogen-bond donors (Lipinski definition) is 0. The first kappa shape index (κ1) is 8.62. The number of aromatic nitrogens is 3. The SMILES string of the molecule is Cc1c(C=O)cccc1-n1cnnc1. The van der Waals surface area contributed by atoms with Crippen molar-refractivity contribution in [2.24, 2.45) is 0 Å². The molecule has 4 nitrogen and oxygen atoms in total. The maximum atomic E-state index is 10.7. The molecule has 0 saturated heterocycles. The van der Waals surface area contributed by atoms with Crippen LogP contribution in [0.1, 0.15) is 15.9 Å². The largest absolute Gasteiger partial charge is 0.298 e. The first-order chi connectivity index (χ1) is 6.83. The average molecular weight is 187 g/mol. The maximum absolute atomic E-state index is 10.7. The highest BCUT2D eigenvalue weighted by atomic mass is 16.1.